The highest BCUT2D eigenvalue weighted by Crippen LogP contribution is 2.49. The maximum Gasteiger partial charge on any atom is 0.115 e. The zero-order valence-electron chi connectivity index (χ0n) is 15.0. The van der Waals surface area contributed by atoms with Gasteiger partial charge in [0.2, 0.25) is 0 Å². The van der Waals surface area contributed by atoms with Gasteiger partial charge in [-0.1, -0.05) is 50.2 Å². The fourth-order valence-electron chi connectivity index (χ4n) is 4.92. The van der Waals surface area contributed by atoms with E-state index >= 15 is 0 Å². The summed E-state index contributed by atoms with van der Waals surface area (Å²) in [6.07, 6.45) is 1.61. The Balaban J connectivity index is 1.60. The molecule has 1 fully saturated rings. The van der Waals surface area contributed by atoms with E-state index in [0.29, 0.717) is 24.3 Å². The summed E-state index contributed by atoms with van der Waals surface area (Å²) in [5.74, 6) is 0.867. The van der Waals surface area contributed by atoms with Gasteiger partial charge >= 0.3 is 0 Å². The van der Waals surface area contributed by atoms with Gasteiger partial charge < -0.3 is 10.2 Å². The third kappa shape index (κ3) is 2.76. The summed E-state index contributed by atoms with van der Waals surface area (Å²) in [5.41, 5.74) is 3.76. The maximum absolute atomic E-state index is 10.7. The van der Waals surface area contributed by atoms with Crippen LogP contribution in [0.15, 0.2) is 48.5 Å². The number of phenolic OH excluding ortho intramolecular Hbond substituents is 1. The number of aromatic hydroxyl groups is 1. The molecule has 2 aromatic carbocycles. The Bertz CT molecular complexity index is 760. The second kappa shape index (κ2) is 6.15. The highest BCUT2D eigenvalue weighted by atomic mass is 16.3. The molecule has 0 unspecified atom stereocenters. The summed E-state index contributed by atoms with van der Waals surface area (Å²) in [6, 6.07) is 16.2. The number of aliphatic hydroxyl groups is 1. The number of hydrogen-bond acceptors (Lipinski definition) is 3. The summed E-state index contributed by atoms with van der Waals surface area (Å²) in [7, 11) is 0. The third-order valence-electron chi connectivity index (χ3n) is 6.70. The monoisotopic (exact) mass is 337 g/mol. The van der Waals surface area contributed by atoms with E-state index in [1.54, 1.807) is 6.07 Å². The topological polar surface area (TPSA) is 43.7 Å². The van der Waals surface area contributed by atoms with Crippen molar-refractivity contribution in [3.8, 4) is 5.75 Å². The largest absolute Gasteiger partial charge is 0.508 e. The first-order valence-corrected chi connectivity index (χ1v) is 9.28. The predicted octanol–water partition coefficient (Wildman–Crippen LogP) is 3.65. The molecule has 3 nitrogen and oxygen atoms in total. The molecule has 0 radical (unpaired) electrons. The number of piperidine rings is 1. The molecule has 25 heavy (non-hydrogen) atoms. The molecule has 4 rings (SSSR count). The lowest BCUT2D eigenvalue weighted by atomic mass is 9.59. The number of nitrogens with zero attached hydrogens (tertiary/aromatic N) is 1. The molecular weight excluding hydrogens is 310 g/mol. The van der Waals surface area contributed by atoms with Crippen molar-refractivity contribution < 1.29 is 10.2 Å². The number of aliphatic hydroxyl groups excluding tert-OH is 1. The minimum absolute atomic E-state index is 0.102. The molecule has 0 spiro atoms. The molecule has 0 amide bonds. The smallest absolute Gasteiger partial charge is 0.115 e. The van der Waals surface area contributed by atoms with E-state index in [2.05, 4.69) is 24.8 Å². The minimum Gasteiger partial charge on any atom is -0.508 e. The van der Waals surface area contributed by atoms with E-state index in [4.69, 9.17) is 0 Å². The molecule has 2 N–H and O–H groups in total. The predicted molar refractivity (Wildman–Crippen MR) is 99.7 cm³/mol. The number of hydrogen-bond donors (Lipinski definition) is 2. The number of fused-ring (bicyclic) bond motifs is 4. The Hall–Kier alpha value is -1.84. The molecule has 0 saturated carbocycles. The SMILES string of the molecule is C[C@H]1[C@H]2Cc3ccc(O)cc3[C@]1(C)CCN2C[C@H](O)c1ccccc1. The maximum atomic E-state index is 10.7. The zero-order chi connectivity index (χ0) is 17.6. The quantitative estimate of drug-likeness (QED) is 0.898. The van der Waals surface area contributed by atoms with Crippen LogP contribution in [-0.4, -0.2) is 34.2 Å². The van der Waals surface area contributed by atoms with Crippen LogP contribution in [0, 0.1) is 5.92 Å². The average Bonchev–Trinajstić information content (AvgIpc) is 2.62. The van der Waals surface area contributed by atoms with E-state index in [1.807, 2.05) is 36.4 Å². The lowest BCUT2D eigenvalue weighted by Gasteiger charge is -2.55. The Morgan fingerprint density at radius 2 is 1.96 bits per heavy atom. The summed E-state index contributed by atoms with van der Waals surface area (Å²) in [4.78, 5) is 2.47. The number of rotatable bonds is 3. The van der Waals surface area contributed by atoms with Crippen molar-refractivity contribution in [3.05, 3.63) is 65.2 Å². The minimum atomic E-state index is -0.445. The van der Waals surface area contributed by atoms with Crippen LogP contribution in [0.4, 0.5) is 0 Å². The van der Waals surface area contributed by atoms with Crippen molar-refractivity contribution in [2.45, 2.75) is 44.2 Å². The van der Waals surface area contributed by atoms with E-state index in [9.17, 15) is 10.2 Å². The summed E-state index contributed by atoms with van der Waals surface area (Å²) >= 11 is 0. The van der Waals surface area contributed by atoms with Crippen molar-refractivity contribution in [2.24, 2.45) is 5.92 Å². The van der Waals surface area contributed by atoms with E-state index in [0.717, 1.165) is 24.9 Å². The van der Waals surface area contributed by atoms with Crippen molar-refractivity contribution in [2.75, 3.05) is 13.1 Å². The van der Waals surface area contributed by atoms with Gasteiger partial charge in [-0.15, -0.1) is 0 Å². The normalized spacial score (nSPS) is 29.9. The van der Waals surface area contributed by atoms with Gasteiger partial charge in [0.15, 0.2) is 0 Å². The van der Waals surface area contributed by atoms with Gasteiger partial charge in [0.05, 0.1) is 6.10 Å². The van der Waals surface area contributed by atoms with E-state index in [1.165, 1.54) is 11.1 Å². The molecule has 0 aromatic heterocycles. The number of benzene rings is 2. The lowest BCUT2D eigenvalue weighted by Crippen LogP contribution is -2.58. The highest BCUT2D eigenvalue weighted by molar-refractivity contribution is 5.44. The van der Waals surface area contributed by atoms with Crippen molar-refractivity contribution in [3.63, 3.8) is 0 Å². The molecule has 2 aliphatic rings. The number of likely N-dealkylation sites (tertiary alicyclic amines) is 1. The van der Waals surface area contributed by atoms with Gasteiger partial charge in [0.25, 0.3) is 0 Å². The van der Waals surface area contributed by atoms with Crippen LogP contribution in [-0.2, 0) is 11.8 Å². The van der Waals surface area contributed by atoms with Gasteiger partial charge in [-0.25, -0.2) is 0 Å². The second-order valence-corrected chi connectivity index (χ2v) is 7.99. The highest BCUT2D eigenvalue weighted by Gasteiger charge is 2.48. The average molecular weight is 337 g/mol. The van der Waals surface area contributed by atoms with Gasteiger partial charge in [-0.2, -0.15) is 0 Å². The lowest BCUT2D eigenvalue weighted by molar-refractivity contribution is 0.000426. The molecule has 2 bridgehead atoms. The van der Waals surface area contributed by atoms with Crippen molar-refractivity contribution in [1.82, 2.24) is 4.90 Å². The van der Waals surface area contributed by atoms with E-state index < -0.39 is 6.10 Å². The van der Waals surface area contributed by atoms with E-state index in [-0.39, 0.29) is 5.41 Å². The first-order valence-electron chi connectivity index (χ1n) is 9.28. The summed E-state index contributed by atoms with van der Waals surface area (Å²) in [6.45, 7) is 6.35. The summed E-state index contributed by atoms with van der Waals surface area (Å²) < 4.78 is 0. The molecule has 1 aliphatic heterocycles. The van der Waals surface area contributed by atoms with Crippen LogP contribution in [0.5, 0.6) is 5.75 Å². The molecule has 3 heteroatoms. The van der Waals surface area contributed by atoms with Crippen LogP contribution >= 0.6 is 0 Å². The molecule has 1 saturated heterocycles. The Kier molecular flexibility index (Phi) is 4.09. The van der Waals surface area contributed by atoms with Gasteiger partial charge in [0, 0.05) is 12.6 Å². The number of phenols is 1. The fourth-order valence-corrected chi connectivity index (χ4v) is 4.92. The van der Waals surface area contributed by atoms with Crippen LogP contribution in [0.1, 0.15) is 43.1 Å². The first kappa shape index (κ1) is 16.6. The first-order chi connectivity index (χ1) is 12.0. The second-order valence-electron chi connectivity index (χ2n) is 7.99. The fraction of sp³-hybridized carbons (Fsp3) is 0.455. The molecule has 1 heterocycles. The molecular formula is C22H27NO2. The van der Waals surface area contributed by atoms with Crippen molar-refractivity contribution >= 4 is 0 Å². The van der Waals surface area contributed by atoms with Gasteiger partial charge in [-0.05, 0) is 59.5 Å². The molecule has 4 atom stereocenters. The van der Waals surface area contributed by atoms with Gasteiger partial charge in [-0.3, -0.25) is 4.90 Å². The third-order valence-corrected chi connectivity index (χ3v) is 6.70. The Morgan fingerprint density at radius 1 is 1.20 bits per heavy atom. The molecule has 1 aliphatic carbocycles. The van der Waals surface area contributed by atoms with Crippen LogP contribution < -0.4 is 0 Å². The van der Waals surface area contributed by atoms with Gasteiger partial charge in [0.1, 0.15) is 5.75 Å². The van der Waals surface area contributed by atoms with Crippen LogP contribution in [0.3, 0.4) is 0 Å². The molecule has 132 valence electrons. The Morgan fingerprint density at radius 3 is 2.72 bits per heavy atom. The number of β-amino-alcohol motifs (C(OH)–C–C–N with tert-alkyl or cyclic N) is 1. The van der Waals surface area contributed by atoms with Crippen LogP contribution in [0.25, 0.3) is 0 Å². The standard InChI is InChI=1S/C22H27NO2/c1-15-20-12-17-8-9-18(24)13-19(17)22(15,2)10-11-23(20)14-21(25)16-6-4-3-5-7-16/h3-9,13,15,20-21,24-25H,10-12,14H2,1-2H3/t15-,20+,21-,22+/m0/s1. The summed E-state index contributed by atoms with van der Waals surface area (Å²) in [5, 5.41) is 20.6. The van der Waals surface area contributed by atoms with Crippen molar-refractivity contribution in [1.29, 1.82) is 0 Å². The molecule has 2 aromatic rings. The van der Waals surface area contributed by atoms with Crippen LogP contribution in [0.2, 0.25) is 0 Å². The zero-order valence-corrected chi connectivity index (χ0v) is 15.0. The Labute approximate surface area is 149 Å².